The molecule has 180 valence electrons. The number of benzene rings is 3. The molecular formula is C26H26N4O5. The van der Waals surface area contributed by atoms with Crippen LogP contribution in [0.2, 0.25) is 0 Å². The lowest BCUT2D eigenvalue weighted by atomic mass is 10.1. The van der Waals surface area contributed by atoms with E-state index < -0.39 is 4.92 Å². The van der Waals surface area contributed by atoms with Crippen molar-refractivity contribution in [1.29, 1.82) is 0 Å². The first kappa shape index (κ1) is 25.1. The summed E-state index contributed by atoms with van der Waals surface area (Å²) < 4.78 is 5.68. The number of carbonyl (C=O) groups is 2. The van der Waals surface area contributed by atoms with Gasteiger partial charge in [0.1, 0.15) is 12.4 Å². The molecule has 0 aliphatic rings. The number of hydrogen-bond acceptors (Lipinski definition) is 6. The van der Waals surface area contributed by atoms with Crippen molar-refractivity contribution in [1.82, 2.24) is 5.43 Å². The molecule has 0 radical (unpaired) electrons. The lowest BCUT2D eigenvalue weighted by molar-refractivity contribution is -0.384. The monoisotopic (exact) mass is 474 g/mol. The predicted molar refractivity (Wildman–Crippen MR) is 133 cm³/mol. The van der Waals surface area contributed by atoms with E-state index in [4.69, 9.17) is 4.74 Å². The summed E-state index contributed by atoms with van der Waals surface area (Å²) >= 11 is 0. The van der Waals surface area contributed by atoms with Crippen LogP contribution < -0.4 is 15.5 Å². The maximum Gasteiger partial charge on any atom is 0.269 e. The van der Waals surface area contributed by atoms with Crippen molar-refractivity contribution in [3.8, 4) is 5.75 Å². The minimum atomic E-state index is -0.447. The Kier molecular flexibility index (Phi) is 8.66. The van der Waals surface area contributed by atoms with Crippen molar-refractivity contribution in [2.45, 2.75) is 33.3 Å². The zero-order valence-corrected chi connectivity index (χ0v) is 19.5. The molecule has 0 fully saturated rings. The molecule has 0 heterocycles. The van der Waals surface area contributed by atoms with Crippen LogP contribution in [0.15, 0.2) is 71.8 Å². The highest BCUT2D eigenvalue weighted by Crippen LogP contribution is 2.18. The number of hydrogen-bond donors (Lipinski definition) is 2. The molecule has 0 bridgehead atoms. The Hall–Kier alpha value is -4.53. The lowest BCUT2D eigenvalue weighted by Crippen LogP contribution is -2.21. The molecule has 0 saturated heterocycles. The van der Waals surface area contributed by atoms with Crippen molar-refractivity contribution < 1.29 is 19.2 Å². The predicted octanol–water partition coefficient (Wildman–Crippen LogP) is 4.66. The molecule has 3 aromatic carbocycles. The SMILES string of the molecule is Cc1cccc(NC(=O)CCC(=O)NN=Cc2ccc(OCc3ccc([N+](=O)[O-])cc3)cc2)c1C. The number of nitrogens with one attached hydrogen (secondary N) is 2. The van der Waals surface area contributed by atoms with Crippen molar-refractivity contribution in [3.63, 3.8) is 0 Å². The Morgan fingerprint density at radius 1 is 0.971 bits per heavy atom. The van der Waals surface area contributed by atoms with Gasteiger partial charge >= 0.3 is 0 Å². The van der Waals surface area contributed by atoms with Crippen molar-refractivity contribution >= 4 is 29.4 Å². The molecule has 0 aliphatic carbocycles. The van der Waals surface area contributed by atoms with Crippen LogP contribution >= 0.6 is 0 Å². The van der Waals surface area contributed by atoms with E-state index in [1.807, 2.05) is 32.0 Å². The van der Waals surface area contributed by atoms with Crippen LogP contribution in [-0.4, -0.2) is 23.0 Å². The Bertz CT molecular complexity index is 1220. The highest BCUT2D eigenvalue weighted by molar-refractivity contribution is 5.94. The van der Waals surface area contributed by atoms with E-state index in [0.29, 0.717) is 5.75 Å². The number of nitrogens with zero attached hydrogens (tertiary/aromatic N) is 2. The first-order valence-corrected chi connectivity index (χ1v) is 11.0. The Morgan fingerprint density at radius 2 is 1.66 bits per heavy atom. The second-order valence-electron chi connectivity index (χ2n) is 7.87. The van der Waals surface area contributed by atoms with E-state index in [0.717, 1.165) is 27.9 Å². The van der Waals surface area contributed by atoms with Crippen LogP contribution in [0.1, 0.15) is 35.1 Å². The average molecular weight is 475 g/mol. The van der Waals surface area contributed by atoms with E-state index in [1.54, 1.807) is 36.4 Å². The van der Waals surface area contributed by atoms with E-state index >= 15 is 0 Å². The number of anilines is 1. The lowest BCUT2D eigenvalue weighted by Gasteiger charge is -2.10. The first-order chi connectivity index (χ1) is 16.8. The summed E-state index contributed by atoms with van der Waals surface area (Å²) in [4.78, 5) is 34.4. The molecule has 2 amide bonds. The average Bonchev–Trinajstić information content (AvgIpc) is 2.85. The quantitative estimate of drug-likeness (QED) is 0.251. The molecule has 9 nitrogen and oxygen atoms in total. The summed E-state index contributed by atoms with van der Waals surface area (Å²) in [6.07, 6.45) is 1.56. The standard InChI is InChI=1S/C26H26N4O5/c1-18-4-3-5-24(19(18)2)28-25(31)14-15-26(32)29-27-16-20-8-12-23(13-9-20)35-17-21-6-10-22(11-7-21)30(33)34/h3-13,16H,14-15,17H2,1-2H3,(H,28,31)(H,29,32). The van der Waals surface area contributed by atoms with Gasteiger partial charge in [0.05, 0.1) is 11.1 Å². The first-order valence-electron chi connectivity index (χ1n) is 11.0. The smallest absolute Gasteiger partial charge is 0.269 e. The maximum atomic E-state index is 12.1. The highest BCUT2D eigenvalue weighted by atomic mass is 16.6. The van der Waals surface area contributed by atoms with Crippen LogP contribution in [-0.2, 0) is 16.2 Å². The van der Waals surface area contributed by atoms with Gasteiger partial charge in [-0.2, -0.15) is 5.10 Å². The topological polar surface area (TPSA) is 123 Å². The Balaban J connectivity index is 1.39. The summed E-state index contributed by atoms with van der Waals surface area (Å²) in [6, 6.07) is 18.9. The van der Waals surface area contributed by atoms with E-state index in [1.165, 1.54) is 18.3 Å². The van der Waals surface area contributed by atoms with Crippen molar-refractivity contribution in [2.24, 2.45) is 5.10 Å². The number of aryl methyl sites for hydroxylation is 1. The Morgan fingerprint density at radius 3 is 2.34 bits per heavy atom. The molecule has 3 aromatic rings. The van der Waals surface area contributed by atoms with Gasteiger partial charge in [-0.3, -0.25) is 19.7 Å². The molecule has 0 aromatic heterocycles. The zero-order valence-electron chi connectivity index (χ0n) is 19.5. The third-order valence-electron chi connectivity index (χ3n) is 5.29. The summed E-state index contributed by atoms with van der Waals surface area (Å²) in [5, 5.41) is 17.4. The van der Waals surface area contributed by atoms with E-state index in [9.17, 15) is 19.7 Å². The number of ether oxygens (including phenoxy) is 1. The molecule has 0 unspecified atom stereocenters. The maximum absolute atomic E-state index is 12.1. The third kappa shape index (κ3) is 7.78. The van der Waals surface area contributed by atoms with Gasteiger partial charge in [-0.25, -0.2) is 5.43 Å². The van der Waals surface area contributed by atoms with E-state index in [2.05, 4.69) is 15.8 Å². The third-order valence-corrected chi connectivity index (χ3v) is 5.29. The number of hydrazone groups is 1. The van der Waals surface area contributed by atoms with Crippen molar-refractivity contribution in [3.05, 3.63) is 99.1 Å². The van der Waals surface area contributed by atoms with Gasteiger partial charge in [-0.15, -0.1) is 0 Å². The molecule has 3 rings (SSSR count). The molecule has 9 heteroatoms. The van der Waals surface area contributed by atoms with Gasteiger partial charge in [-0.05, 0) is 78.6 Å². The van der Waals surface area contributed by atoms with Crippen molar-refractivity contribution in [2.75, 3.05) is 5.32 Å². The van der Waals surface area contributed by atoms with Gasteiger partial charge in [0.15, 0.2) is 0 Å². The zero-order chi connectivity index (χ0) is 25.2. The number of carbonyl (C=O) groups excluding carboxylic acids is 2. The number of non-ortho nitro benzene ring substituents is 1. The van der Waals surface area contributed by atoms with Gasteiger partial charge < -0.3 is 10.1 Å². The van der Waals surface area contributed by atoms with Gasteiger partial charge in [0, 0.05) is 30.7 Å². The second kappa shape index (κ2) is 12.1. The van der Waals surface area contributed by atoms with Gasteiger partial charge in [0.25, 0.3) is 5.69 Å². The molecule has 0 atom stereocenters. The molecule has 35 heavy (non-hydrogen) atoms. The highest BCUT2D eigenvalue weighted by Gasteiger charge is 2.09. The fourth-order valence-corrected chi connectivity index (χ4v) is 3.09. The van der Waals surface area contributed by atoms with Gasteiger partial charge in [-0.1, -0.05) is 12.1 Å². The molecule has 0 spiro atoms. The molecular weight excluding hydrogens is 448 g/mol. The minimum absolute atomic E-state index is 0.0173. The fourth-order valence-electron chi connectivity index (χ4n) is 3.09. The van der Waals surface area contributed by atoms with Crippen LogP contribution in [0.5, 0.6) is 5.75 Å². The summed E-state index contributed by atoms with van der Waals surface area (Å²) in [5.74, 6) is 0.0296. The van der Waals surface area contributed by atoms with Gasteiger partial charge in [0.2, 0.25) is 11.8 Å². The van der Waals surface area contributed by atoms with Crippen LogP contribution in [0, 0.1) is 24.0 Å². The number of rotatable bonds is 10. The summed E-state index contributed by atoms with van der Waals surface area (Å²) in [6.45, 7) is 4.18. The summed E-state index contributed by atoms with van der Waals surface area (Å²) in [7, 11) is 0. The number of nitro groups is 1. The summed E-state index contributed by atoms with van der Waals surface area (Å²) in [5.41, 5.74) is 6.84. The van der Waals surface area contributed by atoms with Crippen LogP contribution in [0.3, 0.4) is 0 Å². The largest absolute Gasteiger partial charge is 0.489 e. The van der Waals surface area contributed by atoms with Crippen LogP contribution in [0.25, 0.3) is 0 Å². The number of nitro benzene ring substituents is 1. The number of amides is 2. The normalized spacial score (nSPS) is 10.7. The van der Waals surface area contributed by atoms with E-state index in [-0.39, 0.29) is 37.0 Å². The fraction of sp³-hybridized carbons (Fsp3) is 0.192. The molecule has 0 aliphatic heterocycles. The molecule has 0 saturated carbocycles. The van der Waals surface area contributed by atoms with Crippen LogP contribution in [0.4, 0.5) is 11.4 Å². The second-order valence-corrected chi connectivity index (χ2v) is 7.87. The minimum Gasteiger partial charge on any atom is -0.489 e. The molecule has 2 N–H and O–H groups in total. The Labute approximate surface area is 203 Å².